The van der Waals surface area contributed by atoms with Crippen molar-refractivity contribution < 1.29 is 17.9 Å². The van der Waals surface area contributed by atoms with E-state index in [4.69, 9.17) is 4.74 Å². The van der Waals surface area contributed by atoms with Crippen molar-refractivity contribution in [1.29, 1.82) is 0 Å². The minimum atomic E-state index is -3.24. The lowest BCUT2D eigenvalue weighted by Crippen LogP contribution is -2.13. The van der Waals surface area contributed by atoms with Gasteiger partial charge in [-0.25, -0.2) is 8.42 Å². The van der Waals surface area contributed by atoms with E-state index in [0.717, 1.165) is 24.8 Å². The van der Waals surface area contributed by atoms with Crippen molar-refractivity contribution in [2.75, 3.05) is 11.6 Å². The molecule has 1 fully saturated rings. The molecule has 0 atom stereocenters. The zero-order valence-electron chi connectivity index (χ0n) is 14.1. The van der Waals surface area contributed by atoms with Crippen molar-refractivity contribution >= 4 is 21.4 Å². The van der Waals surface area contributed by atoms with Crippen molar-refractivity contribution in [3.8, 4) is 5.75 Å². The SMILES string of the molecule is CS(=O)(=O)c1ccc(NC(=O)c2ccc(OC3CCCC3)cc2)cc1. The monoisotopic (exact) mass is 359 g/mol. The van der Waals surface area contributed by atoms with Gasteiger partial charge in [0.25, 0.3) is 5.91 Å². The lowest BCUT2D eigenvalue weighted by atomic mass is 10.2. The molecular formula is C19H21NO4S. The van der Waals surface area contributed by atoms with Gasteiger partial charge in [0, 0.05) is 17.5 Å². The van der Waals surface area contributed by atoms with Crippen LogP contribution in [0, 0.1) is 0 Å². The number of sulfone groups is 1. The quantitative estimate of drug-likeness (QED) is 0.884. The van der Waals surface area contributed by atoms with Gasteiger partial charge in [0.1, 0.15) is 5.75 Å². The Hall–Kier alpha value is -2.34. The van der Waals surface area contributed by atoms with E-state index >= 15 is 0 Å². The van der Waals surface area contributed by atoms with E-state index in [2.05, 4.69) is 5.32 Å². The highest BCUT2D eigenvalue weighted by Gasteiger charge is 2.16. The van der Waals surface area contributed by atoms with E-state index in [9.17, 15) is 13.2 Å². The molecule has 0 saturated heterocycles. The van der Waals surface area contributed by atoms with Crippen LogP contribution >= 0.6 is 0 Å². The Kier molecular flexibility index (Phi) is 5.08. The molecule has 5 nitrogen and oxygen atoms in total. The number of carbonyl (C=O) groups excluding carboxylic acids is 1. The van der Waals surface area contributed by atoms with E-state index in [0.29, 0.717) is 11.3 Å². The Morgan fingerprint density at radius 1 is 1.00 bits per heavy atom. The Labute approximate surface area is 147 Å². The molecule has 0 bridgehead atoms. The maximum atomic E-state index is 12.3. The standard InChI is InChI=1S/C19H21NO4S/c1-25(22,23)18-12-8-15(9-13-18)20-19(21)14-6-10-17(11-7-14)24-16-4-2-3-5-16/h6-13,16H,2-5H2,1H3,(H,20,21). The summed E-state index contributed by atoms with van der Waals surface area (Å²) in [6, 6.07) is 13.2. The van der Waals surface area contributed by atoms with Gasteiger partial charge in [-0.1, -0.05) is 0 Å². The molecule has 1 aliphatic rings. The molecule has 0 radical (unpaired) electrons. The van der Waals surface area contributed by atoms with Crippen molar-refractivity contribution in [3.63, 3.8) is 0 Å². The van der Waals surface area contributed by atoms with Crippen LogP contribution in [0.1, 0.15) is 36.0 Å². The number of amides is 1. The second kappa shape index (κ2) is 7.27. The third kappa shape index (κ3) is 4.60. The molecule has 2 aromatic rings. The van der Waals surface area contributed by atoms with Crippen LogP contribution in [0.4, 0.5) is 5.69 Å². The van der Waals surface area contributed by atoms with E-state index in [1.165, 1.54) is 25.0 Å². The molecule has 25 heavy (non-hydrogen) atoms. The van der Waals surface area contributed by atoms with E-state index < -0.39 is 9.84 Å². The molecule has 0 aliphatic heterocycles. The van der Waals surface area contributed by atoms with Gasteiger partial charge in [-0.15, -0.1) is 0 Å². The molecule has 1 aliphatic carbocycles. The summed E-state index contributed by atoms with van der Waals surface area (Å²) in [7, 11) is -3.24. The highest BCUT2D eigenvalue weighted by atomic mass is 32.2. The van der Waals surface area contributed by atoms with Crippen LogP contribution in [0.3, 0.4) is 0 Å². The van der Waals surface area contributed by atoms with Crippen LogP contribution < -0.4 is 10.1 Å². The van der Waals surface area contributed by atoms with Crippen molar-refractivity contribution in [2.45, 2.75) is 36.7 Å². The lowest BCUT2D eigenvalue weighted by Gasteiger charge is -2.13. The second-order valence-corrected chi connectivity index (χ2v) is 8.32. The molecule has 0 unspecified atom stereocenters. The fourth-order valence-electron chi connectivity index (χ4n) is 2.87. The zero-order chi connectivity index (χ0) is 17.9. The fourth-order valence-corrected chi connectivity index (χ4v) is 3.50. The molecule has 2 aromatic carbocycles. The van der Waals surface area contributed by atoms with Gasteiger partial charge in [0.2, 0.25) is 0 Å². The molecular weight excluding hydrogens is 338 g/mol. The predicted molar refractivity (Wildman–Crippen MR) is 96.8 cm³/mol. The summed E-state index contributed by atoms with van der Waals surface area (Å²) >= 11 is 0. The zero-order valence-corrected chi connectivity index (χ0v) is 14.9. The summed E-state index contributed by atoms with van der Waals surface area (Å²) in [6.07, 6.45) is 6.03. The minimum Gasteiger partial charge on any atom is -0.490 e. The Bertz CT molecular complexity index is 836. The van der Waals surface area contributed by atoms with Gasteiger partial charge >= 0.3 is 0 Å². The molecule has 1 amide bonds. The van der Waals surface area contributed by atoms with Gasteiger partial charge in [0.15, 0.2) is 9.84 Å². The lowest BCUT2D eigenvalue weighted by molar-refractivity contribution is 0.102. The first kappa shape index (κ1) is 17.5. The predicted octanol–water partition coefficient (Wildman–Crippen LogP) is 3.66. The molecule has 0 aromatic heterocycles. The molecule has 1 N–H and O–H groups in total. The molecule has 0 spiro atoms. The summed E-state index contributed by atoms with van der Waals surface area (Å²) in [5, 5.41) is 2.75. The Morgan fingerprint density at radius 3 is 2.16 bits per heavy atom. The highest BCUT2D eigenvalue weighted by molar-refractivity contribution is 7.90. The smallest absolute Gasteiger partial charge is 0.255 e. The van der Waals surface area contributed by atoms with E-state index in [1.54, 1.807) is 36.4 Å². The van der Waals surface area contributed by atoms with Crippen molar-refractivity contribution in [2.24, 2.45) is 0 Å². The summed E-state index contributed by atoms with van der Waals surface area (Å²) in [6.45, 7) is 0. The number of nitrogens with one attached hydrogen (secondary N) is 1. The first-order chi connectivity index (χ1) is 11.9. The van der Waals surface area contributed by atoms with Crippen LogP contribution in [-0.2, 0) is 9.84 Å². The maximum absolute atomic E-state index is 12.3. The summed E-state index contributed by atoms with van der Waals surface area (Å²) in [5.74, 6) is 0.528. The average Bonchev–Trinajstić information content (AvgIpc) is 3.08. The Balaban J connectivity index is 1.62. The van der Waals surface area contributed by atoms with Crippen LogP contribution in [0.15, 0.2) is 53.4 Å². The fraction of sp³-hybridized carbons (Fsp3) is 0.316. The van der Waals surface area contributed by atoms with Gasteiger partial charge in [0.05, 0.1) is 11.0 Å². The number of anilines is 1. The van der Waals surface area contributed by atoms with Crippen LogP contribution in [0.25, 0.3) is 0 Å². The maximum Gasteiger partial charge on any atom is 0.255 e. The van der Waals surface area contributed by atoms with E-state index in [1.807, 2.05) is 0 Å². The number of hydrogen-bond acceptors (Lipinski definition) is 4. The summed E-state index contributed by atoms with van der Waals surface area (Å²) < 4.78 is 28.8. The normalized spacial score (nSPS) is 15.1. The van der Waals surface area contributed by atoms with Gasteiger partial charge in [-0.2, -0.15) is 0 Å². The number of benzene rings is 2. The molecule has 6 heteroatoms. The van der Waals surface area contributed by atoms with Crippen LogP contribution in [0.2, 0.25) is 0 Å². The first-order valence-electron chi connectivity index (χ1n) is 8.30. The molecule has 0 heterocycles. The van der Waals surface area contributed by atoms with Crippen LogP contribution in [0.5, 0.6) is 5.75 Å². The van der Waals surface area contributed by atoms with Crippen LogP contribution in [-0.4, -0.2) is 26.7 Å². The minimum absolute atomic E-state index is 0.221. The topological polar surface area (TPSA) is 72.5 Å². The molecule has 1 saturated carbocycles. The molecule has 132 valence electrons. The summed E-state index contributed by atoms with van der Waals surface area (Å²) in [5.41, 5.74) is 1.06. The third-order valence-corrected chi connectivity index (χ3v) is 5.39. The Morgan fingerprint density at radius 2 is 1.60 bits per heavy atom. The number of hydrogen-bond donors (Lipinski definition) is 1. The highest BCUT2D eigenvalue weighted by Crippen LogP contribution is 2.24. The first-order valence-corrected chi connectivity index (χ1v) is 10.2. The second-order valence-electron chi connectivity index (χ2n) is 6.30. The van der Waals surface area contributed by atoms with E-state index in [-0.39, 0.29) is 16.9 Å². The van der Waals surface area contributed by atoms with Crippen molar-refractivity contribution in [3.05, 3.63) is 54.1 Å². The molecule has 3 rings (SSSR count). The summed E-state index contributed by atoms with van der Waals surface area (Å²) in [4.78, 5) is 12.5. The number of rotatable bonds is 5. The largest absolute Gasteiger partial charge is 0.490 e. The van der Waals surface area contributed by atoms with Gasteiger partial charge < -0.3 is 10.1 Å². The number of carbonyl (C=O) groups is 1. The number of ether oxygens (including phenoxy) is 1. The van der Waals surface area contributed by atoms with Crippen molar-refractivity contribution in [1.82, 2.24) is 0 Å². The van der Waals surface area contributed by atoms with Gasteiger partial charge in [-0.05, 0) is 74.2 Å². The third-order valence-electron chi connectivity index (χ3n) is 4.26. The average molecular weight is 359 g/mol. The van der Waals surface area contributed by atoms with Gasteiger partial charge in [-0.3, -0.25) is 4.79 Å².